The second-order valence-electron chi connectivity index (χ2n) is 3.15. The van der Waals surface area contributed by atoms with Crippen LogP contribution in [-0.2, 0) is 13.0 Å². The molecule has 0 unspecified atom stereocenters. The third kappa shape index (κ3) is 2.59. The van der Waals surface area contributed by atoms with Gasteiger partial charge in [0, 0.05) is 6.20 Å². The van der Waals surface area contributed by atoms with Crippen molar-refractivity contribution < 1.29 is 4.52 Å². The summed E-state index contributed by atoms with van der Waals surface area (Å²) < 4.78 is 6.30. The van der Waals surface area contributed by atoms with Crippen LogP contribution in [0.15, 0.2) is 17.1 Å². The summed E-state index contributed by atoms with van der Waals surface area (Å²) in [5.41, 5.74) is 6.34. The van der Waals surface area contributed by atoms with Gasteiger partial charge in [0.15, 0.2) is 5.82 Å². The zero-order chi connectivity index (χ0) is 10.5. The fourth-order valence-corrected chi connectivity index (χ4v) is 1.22. The number of aryl methyl sites for hydroxylation is 1. The van der Waals surface area contributed by atoms with Crippen LogP contribution in [0.2, 0.25) is 0 Å². The van der Waals surface area contributed by atoms with Crippen molar-refractivity contribution in [2.24, 2.45) is 5.73 Å². The Balaban J connectivity index is 1.95. The van der Waals surface area contributed by atoms with E-state index in [1.807, 2.05) is 6.20 Å². The predicted molar refractivity (Wildman–Crippen MR) is 50.8 cm³/mol. The van der Waals surface area contributed by atoms with E-state index in [2.05, 4.69) is 25.0 Å². The van der Waals surface area contributed by atoms with Crippen LogP contribution in [-0.4, -0.2) is 31.7 Å². The average Bonchev–Trinajstić information content (AvgIpc) is 2.87. The number of nitrogens with two attached hydrogens (primary N) is 1. The molecule has 0 saturated carbocycles. The van der Waals surface area contributed by atoms with Gasteiger partial charge in [-0.3, -0.25) is 0 Å². The minimum Gasteiger partial charge on any atom is -0.343 e. The van der Waals surface area contributed by atoms with Crippen molar-refractivity contribution >= 4 is 0 Å². The summed E-state index contributed by atoms with van der Waals surface area (Å²) in [4.78, 5) is 3.90. The molecule has 0 fully saturated rings. The van der Waals surface area contributed by atoms with Gasteiger partial charge in [-0.1, -0.05) is 10.4 Å². The summed E-state index contributed by atoms with van der Waals surface area (Å²) in [7, 11) is 0. The molecule has 80 valence electrons. The van der Waals surface area contributed by atoms with Gasteiger partial charge in [-0.2, -0.15) is 4.98 Å². The molecule has 0 atom stereocenters. The summed E-state index contributed by atoms with van der Waals surface area (Å²) >= 11 is 0. The third-order valence-electron chi connectivity index (χ3n) is 1.93. The summed E-state index contributed by atoms with van der Waals surface area (Å²) in [5.74, 6) is 0.588. The molecule has 0 bridgehead atoms. The maximum Gasteiger partial charge on any atom is 0.213 e. The Morgan fingerprint density at radius 3 is 3.13 bits per heavy atom. The second-order valence-corrected chi connectivity index (χ2v) is 3.15. The SMILES string of the molecule is NCCCc1cn(Cc2ncon2)nn1. The molecular formula is C8H12N6O. The first-order valence-electron chi connectivity index (χ1n) is 4.73. The molecule has 2 N–H and O–H groups in total. The molecular weight excluding hydrogens is 196 g/mol. The molecule has 0 saturated heterocycles. The molecule has 2 rings (SSSR count). The molecule has 0 amide bonds. The minimum absolute atomic E-state index is 0.478. The van der Waals surface area contributed by atoms with Gasteiger partial charge in [-0.15, -0.1) is 5.10 Å². The van der Waals surface area contributed by atoms with Crippen LogP contribution in [0.1, 0.15) is 17.9 Å². The smallest absolute Gasteiger partial charge is 0.213 e. The van der Waals surface area contributed by atoms with E-state index in [-0.39, 0.29) is 0 Å². The van der Waals surface area contributed by atoms with Gasteiger partial charge >= 0.3 is 0 Å². The lowest BCUT2D eigenvalue weighted by molar-refractivity contribution is 0.406. The molecule has 0 spiro atoms. The molecule has 0 radical (unpaired) electrons. The van der Waals surface area contributed by atoms with Gasteiger partial charge in [-0.25, -0.2) is 4.68 Å². The normalized spacial score (nSPS) is 10.7. The van der Waals surface area contributed by atoms with E-state index in [9.17, 15) is 0 Å². The second kappa shape index (κ2) is 4.65. The fourth-order valence-electron chi connectivity index (χ4n) is 1.22. The molecule has 2 heterocycles. The predicted octanol–water partition coefficient (Wildman–Crippen LogP) is -0.399. The maximum absolute atomic E-state index is 5.41. The number of rotatable bonds is 5. The molecule has 0 aliphatic rings. The molecule has 7 nitrogen and oxygen atoms in total. The first-order valence-corrected chi connectivity index (χ1v) is 4.73. The van der Waals surface area contributed by atoms with Crippen molar-refractivity contribution in [1.29, 1.82) is 0 Å². The van der Waals surface area contributed by atoms with Crippen LogP contribution >= 0.6 is 0 Å². The third-order valence-corrected chi connectivity index (χ3v) is 1.93. The molecule has 7 heteroatoms. The molecule has 0 aliphatic carbocycles. The lowest BCUT2D eigenvalue weighted by Crippen LogP contribution is -2.02. The number of hydrogen-bond acceptors (Lipinski definition) is 6. The Kier molecular flexibility index (Phi) is 3.03. The van der Waals surface area contributed by atoms with Gasteiger partial charge in [0.25, 0.3) is 0 Å². The number of hydrogen-bond donors (Lipinski definition) is 1. The Morgan fingerprint density at radius 2 is 2.40 bits per heavy atom. The quantitative estimate of drug-likeness (QED) is 0.718. The summed E-state index contributed by atoms with van der Waals surface area (Å²) in [5, 5.41) is 11.6. The van der Waals surface area contributed by atoms with E-state index in [0.717, 1.165) is 18.5 Å². The molecule has 2 aromatic heterocycles. The van der Waals surface area contributed by atoms with Gasteiger partial charge in [0.05, 0.1) is 5.69 Å². The highest BCUT2D eigenvalue weighted by Crippen LogP contribution is 1.99. The van der Waals surface area contributed by atoms with Crippen molar-refractivity contribution in [3.63, 3.8) is 0 Å². The number of aromatic nitrogens is 5. The fraction of sp³-hybridized carbons (Fsp3) is 0.500. The van der Waals surface area contributed by atoms with E-state index in [1.165, 1.54) is 6.39 Å². The lowest BCUT2D eigenvalue weighted by Gasteiger charge is -1.92. The number of nitrogens with zero attached hydrogens (tertiary/aromatic N) is 5. The van der Waals surface area contributed by atoms with E-state index < -0.39 is 0 Å². The van der Waals surface area contributed by atoms with Crippen LogP contribution in [0.4, 0.5) is 0 Å². The topological polar surface area (TPSA) is 95.7 Å². The molecule has 0 aromatic carbocycles. The summed E-state index contributed by atoms with van der Waals surface area (Å²) in [6.07, 6.45) is 4.93. The van der Waals surface area contributed by atoms with Crippen molar-refractivity contribution in [3.8, 4) is 0 Å². The van der Waals surface area contributed by atoms with Crippen LogP contribution in [0, 0.1) is 0 Å². The highest BCUT2D eigenvalue weighted by Gasteiger charge is 2.03. The van der Waals surface area contributed by atoms with E-state index in [1.54, 1.807) is 4.68 Å². The Hall–Kier alpha value is -1.76. The Morgan fingerprint density at radius 1 is 1.47 bits per heavy atom. The van der Waals surface area contributed by atoms with Crippen molar-refractivity contribution in [2.75, 3.05) is 6.54 Å². The standard InChI is InChI=1S/C8H12N6O/c9-3-1-2-7-4-14(13-11-7)5-8-10-6-15-12-8/h4,6H,1-3,5,9H2. The first kappa shape index (κ1) is 9.78. The van der Waals surface area contributed by atoms with Gasteiger partial charge in [0.2, 0.25) is 6.39 Å². The van der Waals surface area contributed by atoms with Gasteiger partial charge < -0.3 is 10.3 Å². The average molecular weight is 208 g/mol. The zero-order valence-electron chi connectivity index (χ0n) is 8.20. The van der Waals surface area contributed by atoms with E-state index in [0.29, 0.717) is 18.9 Å². The van der Waals surface area contributed by atoms with Gasteiger partial charge in [-0.05, 0) is 19.4 Å². The van der Waals surface area contributed by atoms with Crippen LogP contribution in [0.25, 0.3) is 0 Å². The summed E-state index contributed by atoms with van der Waals surface area (Å²) in [6, 6.07) is 0. The zero-order valence-corrected chi connectivity index (χ0v) is 8.20. The summed E-state index contributed by atoms with van der Waals surface area (Å²) in [6.45, 7) is 1.14. The van der Waals surface area contributed by atoms with E-state index >= 15 is 0 Å². The van der Waals surface area contributed by atoms with Crippen LogP contribution in [0.3, 0.4) is 0 Å². The van der Waals surface area contributed by atoms with Crippen molar-refractivity contribution in [2.45, 2.75) is 19.4 Å². The minimum atomic E-state index is 0.478. The van der Waals surface area contributed by atoms with Crippen molar-refractivity contribution in [1.82, 2.24) is 25.1 Å². The molecule has 2 aromatic rings. The Bertz CT molecular complexity index is 395. The molecule has 15 heavy (non-hydrogen) atoms. The largest absolute Gasteiger partial charge is 0.343 e. The highest BCUT2D eigenvalue weighted by molar-refractivity contribution is 4.94. The van der Waals surface area contributed by atoms with Crippen LogP contribution in [0.5, 0.6) is 0 Å². The highest BCUT2D eigenvalue weighted by atomic mass is 16.5. The lowest BCUT2D eigenvalue weighted by atomic mass is 10.2. The van der Waals surface area contributed by atoms with Crippen LogP contribution < -0.4 is 5.73 Å². The first-order chi connectivity index (χ1) is 7.38. The van der Waals surface area contributed by atoms with E-state index in [4.69, 9.17) is 5.73 Å². The van der Waals surface area contributed by atoms with Crippen molar-refractivity contribution in [3.05, 3.63) is 24.1 Å². The maximum atomic E-state index is 5.41. The Labute approximate surface area is 86.3 Å². The monoisotopic (exact) mass is 208 g/mol. The molecule has 0 aliphatic heterocycles. The van der Waals surface area contributed by atoms with Gasteiger partial charge in [0.1, 0.15) is 6.54 Å².